The summed E-state index contributed by atoms with van der Waals surface area (Å²) in [5.41, 5.74) is -2.13. The molecule has 1 aliphatic rings. The fourth-order valence-electron chi connectivity index (χ4n) is 5.29. The predicted octanol–water partition coefficient (Wildman–Crippen LogP) is 5.29. The summed E-state index contributed by atoms with van der Waals surface area (Å²) in [7, 11) is -9.51. The zero-order valence-electron chi connectivity index (χ0n) is 30.3. The van der Waals surface area contributed by atoms with Gasteiger partial charge in [0.1, 0.15) is 17.8 Å². The van der Waals surface area contributed by atoms with Gasteiger partial charge in [0, 0.05) is 12.3 Å². The third-order valence-corrected chi connectivity index (χ3v) is 20.7. The van der Waals surface area contributed by atoms with Gasteiger partial charge >= 0.3 is 5.69 Å². The smallest absolute Gasteiger partial charge is 0.330 e. The van der Waals surface area contributed by atoms with Gasteiger partial charge in [-0.2, -0.15) is 0 Å². The van der Waals surface area contributed by atoms with E-state index in [9.17, 15) is 23.1 Å². The minimum Gasteiger partial charge on any atom is -0.414 e. The summed E-state index contributed by atoms with van der Waals surface area (Å²) < 4.78 is 52.7. The summed E-state index contributed by atoms with van der Waals surface area (Å²) in [4.78, 5) is 27.5. The quantitative estimate of drug-likeness (QED) is 0.213. The number of H-pyrrole nitrogens is 1. The van der Waals surface area contributed by atoms with Crippen LogP contribution < -0.4 is 16.0 Å². The Kier molecular flexibility index (Phi) is 11.3. The standard InChI is InChI=1S/C35H53N3O8SSi2/c1-33(2,3)48(7,8)44-23-27-35(41,24-47(42,43)37-29(25-17-13-11-14-18-25)26-19-15-12-16-20-26)30(46-49(9,10)34(4,5)6)31(45-27)38-22-21-28(39)36-32(38)40/h11-22,27,29-31,37,41H,23-24H2,1-10H3,(H,36,39,40)/t27-,30+,31-,35+/m1/s1. The topological polar surface area (TPSA) is 149 Å². The van der Waals surface area contributed by atoms with Crippen molar-refractivity contribution in [2.24, 2.45) is 0 Å². The van der Waals surface area contributed by atoms with Crippen molar-refractivity contribution in [3.63, 3.8) is 0 Å². The van der Waals surface area contributed by atoms with Gasteiger partial charge < -0.3 is 18.7 Å². The molecule has 4 rings (SSSR count). The summed E-state index contributed by atoms with van der Waals surface area (Å²) >= 11 is 0. The number of nitrogens with one attached hydrogen (secondary N) is 2. The summed E-state index contributed by atoms with van der Waals surface area (Å²) in [6, 6.07) is 18.8. The van der Waals surface area contributed by atoms with Gasteiger partial charge in [-0.15, -0.1) is 0 Å². The average Bonchev–Trinajstić information content (AvgIpc) is 3.23. The summed E-state index contributed by atoms with van der Waals surface area (Å²) in [6.45, 7) is 20.2. The minimum absolute atomic E-state index is 0.144. The molecular weight excluding hydrogens is 679 g/mol. The maximum atomic E-state index is 14.4. The van der Waals surface area contributed by atoms with Crippen molar-refractivity contribution >= 4 is 26.7 Å². The average molecular weight is 732 g/mol. The first-order valence-corrected chi connectivity index (χ1v) is 24.1. The first kappa shape index (κ1) is 39.1. The minimum atomic E-state index is -4.31. The van der Waals surface area contributed by atoms with Crippen LogP contribution in [0.4, 0.5) is 0 Å². The van der Waals surface area contributed by atoms with E-state index in [4.69, 9.17) is 13.6 Å². The van der Waals surface area contributed by atoms with E-state index in [1.807, 2.05) is 94.5 Å². The van der Waals surface area contributed by atoms with Crippen LogP contribution >= 0.6 is 0 Å². The Balaban J connectivity index is 1.85. The third-order valence-electron chi connectivity index (χ3n) is 10.4. The highest BCUT2D eigenvalue weighted by atomic mass is 32.2. The van der Waals surface area contributed by atoms with Gasteiger partial charge in [-0.3, -0.25) is 14.3 Å². The molecule has 270 valence electrons. The van der Waals surface area contributed by atoms with Gasteiger partial charge in [-0.05, 0) is 47.4 Å². The number of aromatic nitrogens is 2. The molecule has 14 heteroatoms. The SMILES string of the molecule is CC(C)(C)[Si](C)(C)OC[C@H]1O[C@@H](n2ccc(=O)[nH]c2=O)[C@H](O[Si](C)(C)C(C)(C)C)[C@]1(O)CS(=O)(=O)NC(c1ccccc1)c1ccccc1. The highest BCUT2D eigenvalue weighted by molar-refractivity contribution is 7.89. The molecule has 1 aliphatic heterocycles. The van der Waals surface area contributed by atoms with E-state index in [0.29, 0.717) is 0 Å². The molecule has 49 heavy (non-hydrogen) atoms. The Bertz CT molecular complexity index is 1760. The van der Waals surface area contributed by atoms with E-state index in [0.717, 1.165) is 15.7 Å². The number of sulfonamides is 1. The van der Waals surface area contributed by atoms with E-state index in [1.165, 1.54) is 12.3 Å². The van der Waals surface area contributed by atoms with Crippen molar-refractivity contribution in [2.75, 3.05) is 12.4 Å². The number of aliphatic hydroxyl groups is 1. The lowest BCUT2D eigenvalue weighted by Gasteiger charge is -2.43. The third kappa shape index (κ3) is 8.79. The molecule has 1 aromatic heterocycles. The molecule has 0 spiro atoms. The molecule has 0 bridgehead atoms. The molecule has 0 amide bonds. The molecule has 1 fully saturated rings. The van der Waals surface area contributed by atoms with E-state index in [1.54, 1.807) is 0 Å². The van der Waals surface area contributed by atoms with Crippen LogP contribution in [0.3, 0.4) is 0 Å². The number of hydrogen-bond donors (Lipinski definition) is 3. The van der Waals surface area contributed by atoms with Crippen LogP contribution in [0.1, 0.15) is 64.9 Å². The molecule has 0 aliphatic carbocycles. The second kappa shape index (κ2) is 14.1. The lowest BCUT2D eigenvalue weighted by molar-refractivity contribution is -0.0750. The van der Waals surface area contributed by atoms with Crippen molar-refractivity contribution in [1.82, 2.24) is 14.3 Å². The van der Waals surface area contributed by atoms with Crippen molar-refractivity contribution in [3.8, 4) is 0 Å². The fourth-order valence-corrected chi connectivity index (χ4v) is 9.27. The maximum absolute atomic E-state index is 14.4. The predicted molar refractivity (Wildman–Crippen MR) is 197 cm³/mol. The molecule has 3 aromatic rings. The van der Waals surface area contributed by atoms with Gasteiger partial charge in [-0.1, -0.05) is 102 Å². The van der Waals surface area contributed by atoms with Crippen molar-refractivity contribution in [3.05, 3.63) is 105 Å². The Labute approximate surface area is 292 Å². The molecule has 2 heterocycles. The van der Waals surface area contributed by atoms with Crippen molar-refractivity contribution in [1.29, 1.82) is 0 Å². The second-order valence-electron chi connectivity index (χ2n) is 16.0. The summed E-state index contributed by atoms with van der Waals surface area (Å²) in [5, 5.41) is 12.4. The zero-order chi connectivity index (χ0) is 36.6. The normalized spacial score (nSPS) is 22.5. The zero-order valence-corrected chi connectivity index (χ0v) is 33.1. The Morgan fingerprint density at radius 3 is 1.88 bits per heavy atom. The molecule has 0 saturated carbocycles. The monoisotopic (exact) mass is 731 g/mol. The molecular formula is C35H53N3O8SSi2. The summed E-state index contributed by atoms with van der Waals surface area (Å²) in [6.07, 6.45) is -2.54. The number of aromatic amines is 1. The fraction of sp³-hybridized carbons (Fsp3) is 0.543. The molecule has 4 atom stereocenters. The molecule has 0 radical (unpaired) electrons. The van der Waals surface area contributed by atoms with Crippen LogP contribution in [0.5, 0.6) is 0 Å². The van der Waals surface area contributed by atoms with Crippen molar-refractivity contribution in [2.45, 2.75) is 108 Å². The van der Waals surface area contributed by atoms with Crippen LogP contribution in [-0.4, -0.2) is 69.9 Å². The van der Waals surface area contributed by atoms with E-state index in [2.05, 4.69) is 43.6 Å². The first-order chi connectivity index (χ1) is 22.5. The molecule has 2 aromatic carbocycles. The van der Waals surface area contributed by atoms with Gasteiger partial charge in [0.15, 0.2) is 22.9 Å². The molecule has 3 N–H and O–H groups in total. The number of benzene rings is 2. The largest absolute Gasteiger partial charge is 0.414 e. The van der Waals surface area contributed by atoms with Crippen molar-refractivity contribution < 1.29 is 27.1 Å². The Morgan fingerprint density at radius 2 is 1.41 bits per heavy atom. The van der Waals surface area contributed by atoms with Crippen LogP contribution in [0.2, 0.25) is 36.3 Å². The van der Waals surface area contributed by atoms with Gasteiger partial charge in [0.25, 0.3) is 5.56 Å². The highest BCUT2D eigenvalue weighted by Crippen LogP contribution is 2.46. The van der Waals surface area contributed by atoms with Crippen LogP contribution in [0.25, 0.3) is 0 Å². The van der Waals surface area contributed by atoms with Crippen LogP contribution in [0, 0.1) is 0 Å². The number of hydrogen-bond acceptors (Lipinski definition) is 8. The van der Waals surface area contributed by atoms with Gasteiger partial charge in [-0.25, -0.2) is 17.9 Å². The number of ether oxygens (including phenoxy) is 1. The number of nitrogens with zero attached hydrogens (tertiary/aromatic N) is 1. The molecule has 1 saturated heterocycles. The highest BCUT2D eigenvalue weighted by Gasteiger charge is 2.62. The lowest BCUT2D eigenvalue weighted by Crippen LogP contribution is -2.60. The molecule has 0 unspecified atom stereocenters. The first-order valence-electron chi connectivity index (χ1n) is 16.6. The molecule has 11 nitrogen and oxygen atoms in total. The van der Waals surface area contributed by atoms with Crippen LogP contribution in [-0.2, 0) is 23.6 Å². The van der Waals surface area contributed by atoms with E-state index >= 15 is 0 Å². The second-order valence-corrected chi connectivity index (χ2v) is 27.3. The Hall–Kier alpha value is -2.70. The number of rotatable bonds is 12. The Morgan fingerprint density at radius 1 is 0.898 bits per heavy atom. The van der Waals surface area contributed by atoms with Gasteiger partial charge in [0.2, 0.25) is 10.0 Å². The maximum Gasteiger partial charge on any atom is 0.330 e. The van der Waals surface area contributed by atoms with E-state index < -0.39 is 73.7 Å². The van der Waals surface area contributed by atoms with Crippen LogP contribution in [0.15, 0.2) is 82.5 Å². The summed E-state index contributed by atoms with van der Waals surface area (Å²) in [5.74, 6) is -0.810. The van der Waals surface area contributed by atoms with E-state index in [-0.39, 0.29) is 16.7 Å². The lowest BCUT2D eigenvalue weighted by atomic mass is 9.94. The van der Waals surface area contributed by atoms with Gasteiger partial charge in [0.05, 0.1) is 18.4 Å².